The van der Waals surface area contributed by atoms with Crippen molar-refractivity contribution in [1.29, 1.82) is 0 Å². The van der Waals surface area contributed by atoms with Crippen molar-refractivity contribution in [3.8, 4) is 5.75 Å². The van der Waals surface area contributed by atoms with Crippen molar-refractivity contribution >= 4 is 17.6 Å². The van der Waals surface area contributed by atoms with Crippen molar-refractivity contribution in [3.05, 3.63) is 24.3 Å². The van der Waals surface area contributed by atoms with Crippen LogP contribution in [0, 0.1) is 0 Å². The van der Waals surface area contributed by atoms with Gasteiger partial charge in [0, 0.05) is 6.92 Å². The minimum atomic E-state index is -0.498. The molecule has 2 rings (SSSR count). The van der Waals surface area contributed by atoms with Crippen molar-refractivity contribution in [2.45, 2.75) is 38.2 Å². The molecule has 20 heavy (non-hydrogen) atoms. The Morgan fingerprint density at radius 1 is 1.30 bits per heavy atom. The summed E-state index contributed by atoms with van der Waals surface area (Å²) in [5.41, 5.74) is 0.123. The normalized spacial score (nSPS) is 15.9. The van der Waals surface area contributed by atoms with Crippen LogP contribution in [0.2, 0.25) is 0 Å². The largest absolute Gasteiger partial charge is 0.484 e. The van der Waals surface area contributed by atoms with Crippen LogP contribution in [0.5, 0.6) is 5.75 Å². The second-order valence-corrected chi connectivity index (χ2v) is 5.07. The van der Waals surface area contributed by atoms with Gasteiger partial charge in [-0.05, 0) is 31.4 Å². The predicted molar refractivity (Wildman–Crippen MR) is 74.6 cm³/mol. The minimum Gasteiger partial charge on any atom is -0.484 e. The molecular weight excluding hydrogens is 258 g/mol. The van der Waals surface area contributed by atoms with Crippen LogP contribution in [-0.4, -0.2) is 24.6 Å². The van der Waals surface area contributed by atoms with E-state index >= 15 is 0 Å². The van der Waals surface area contributed by atoms with Gasteiger partial charge in [-0.1, -0.05) is 12.1 Å². The van der Waals surface area contributed by atoms with Gasteiger partial charge in [-0.2, -0.15) is 0 Å². The molecule has 0 bridgehead atoms. The third kappa shape index (κ3) is 3.29. The van der Waals surface area contributed by atoms with Gasteiger partial charge in [0.1, 0.15) is 11.4 Å². The summed E-state index contributed by atoms with van der Waals surface area (Å²) in [6, 6.07) is 7.24. The Balaban J connectivity index is 2.15. The summed E-state index contributed by atoms with van der Waals surface area (Å²) in [6.45, 7) is 1.45. The molecule has 5 heteroatoms. The number of carbonyl (C=O) groups is 2. The third-order valence-electron chi connectivity index (χ3n) is 3.48. The lowest BCUT2D eigenvalue weighted by atomic mass is 9.77. The lowest BCUT2D eigenvalue weighted by molar-refractivity contribution is -0.148. The lowest BCUT2D eigenvalue weighted by Gasteiger charge is -2.41. The smallest absolute Gasteiger partial charge is 0.309 e. The standard InChI is InChI=1S/C15H19NO4/c1-11(17)16-12-6-3-4-7-13(12)20-15(8-5-9-15)10-14(18)19-2/h3-4,6-7H,5,8-10H2,1-2H3,(H,16,17). The van der Waals surface area contributed by atoms with E-state index in [1.807, 2.05) is 12.1 Å². The molecule has 0 aliphatic heterocycles. The van der Waals surface area contributed by atoms with E-state index in [4.69, 9.17) is 9.47 Å². The molecule has 1 fully saturated rings. The van der Waals surface area contributed by atoms with Gasteiger partial charge in [-0.25, -0.2) is 0 Å². The predicted octanol–water partition coefficient (Wildman–Crippen LogP) is 2.51. The van der Waals surface area contributed by atoms with Crippen molar-refractivity contribution in [2.75, 3.05) is 12.4 Å². The van der Waals surface area contributed by atoms with Crippen LogP contribution in [0.25, 0.3) is 0 Å². The molecule has 0 atom stereocenters. The van der Waals surface area contributed by atoms with Crippen molar-refractivity contribution < 1.29 is 19.1 Å². The second kappa shape index (κ2) is 5.94. The van der Waals surface area contributed by atoms with Gasteiger partial charge in [-0.3, -0.25) is 9.59 Å². The fourth-order valence-electron chi connectivity index (χ4n) is 2.30. The molecule has 0 heterocycles. The summed E-state index contributed by atoms with van der Waals surface area (Å²) >= 11 is 0. The monoisotopic (exact) mass is 277 g/mol. The number of amides is 1. The fourth-order valence-corrected chi connectivity index (χ4v) is 2.30. The molecular formula is C15H19NO4. The van der Waals surface area contributed by atoms with Gasteiger partial charge in [0.2, 0.25) is 5.91 Å². The molecule has 0 radical (unpaired) electrons. The molecule has 1 amide bonds. The average molecular weight is 277 g/mol. The maximum absolute atomic E-state index is 11.5. The SMILES string of the molecule is COC(=O)CC1(Oc2ccccc2NC(C)=O)CCC1. The summed E-state index contributed by atoms with van der Waals surface area (Å²) in [4.78, 5) is 22.7. The Morgan fingerprint density at radius 3 is 2.55 bits per heavy atom. The molecule has 1 N–H and O–H groups in total. The first kappa shape index (κ1) is 14.4. The molecule has 5 nitrogen and oxygen atoms in total. The number of hydrogen-bond donors (Lipinski definition) is 1. The Labute approximate surface area is 118 Å². The van der Waals surface area contributed by atoms with Crippen LogP contribution in [-0.2, 0) is 14.3 Å². The Kier molecular flexibility index (Phi) is 4.27. The number of esters is 1. The lowest BCUT2D eigenvalue weighted by Crippen LogP contribution is -2.45. The summed E-state index contributed by atoms with van der Waals surface area (Å²) in [5, 5.41) is 2.73. The number of methoxy groups -OCH3 is 1. The molecule has 108 valence electrons. The number of para-hydroxylation sites is 2. The molecule has 1 aromatic rings. The van der Waals surface area contributed by atoms with Crippen LogP contribution >= 0.6 is 0 Å². The van der Waals surface area contributed by atoms with Gasteiger partial charge >= 0.3 is 5.97 Å². The summed E-state index contributed by atoms with van der Waals surface area (Å²) in [5.74, 6) is 0.157. The minimum absolute atomic E-state index is 0.156. The second-order valence-electron chi connectivity index (χ2n) is 5.07. The highest BCUT2D eigenvalue weighted by Crippen LogP contribution is 2.41. The molecule has 1 saturated carbocycles. The number of ether oxygens (including phenoxy) is 2. The Bertz CT molecular complexity index is 508. The summed E-state index contributed by atoms with van der Waals surface area (Å²) in [7, 11) is 1.37. The van der Waals surface area contributed by atoms with Crippen molar-refractivity contribution in [2.24, 2.45) is 0 Å². The fraction of sp³-hybridized carbons (Fsp3) is 0.467. The number of benzene rings is 1. The van der Waals surface area contributed by atoms with Gasteiger partial charge in [-0.15, -0.1) is 0 Å². The highest BCUT2D eigenvalue weighted by atomic mass is 16.5. The van der Waals surface area contributed by atoms with Gasteiger partial charge < -0.3 is 14.8 Å². The maximum Gasteiger partial charge on any atom is 0.309 e. The number of hydrogen-bond acceptors (Lipinski definition) is 4. The van der Waals surface area contributed by atoms with Gasteiger partial charge in [0.05, 0.1) is 19.2 Å². The van der Waals surface area contributed by atoms with E-state index in [-0.39, 0.29) is 18.3 Å². The Hall–Kier alpha value is -2.04. The van der Waals surface area contributed by atoms with E-state index in [0.717, 1.165) is 19.3 Å². The van der Waals surface area contributed by atoms with E-state index in [1.165, 1.54) is 14.0 Å². The molecule has 1 aliphatic rings. The number of carbonyl (C=O) groups excluding carboxylic acids is 2. The Morgan fingerprint density at radius 2 is 2.00 bits per heavy atom. The number of nitrogens with one attached hydrogen (secondary N) is 1. The van der Waals surface area contributed by atoms with Crippen LogP contribution in [0.1, 0.15) is 32.6 Å². The van der Waals surface area contributed by atoms with E-state index < -0.39 is 5.60 Å². The first-order chi connectivity index (χ1) is 9.54. The molecule has 1 aliphatic carbocycles. The highest BCUT2D eigenvalue weighted by Gasteiger charge is 2.42. The zero-order chi connectivity index (χ0) is 14.6. The zero-order valence-electron chi connectivity index (χ0n) is 11.8. The van der Waals surface area contributed by atoms with E-state index in [1.54, 1.807) is 12.1 Å². The number of anilines is 1. The highest BCUT2D eigenvalue weighted by molar-refractivity contribution is 5.90. The average Bonchev–Trinajstić information content (AvgIpc) is 2.37. The third-order valence-corrected chi connectivity index (χ3v) is 3.48. The molecule has 1 aromatic carbocycles. The molecule has 0 unspecified atom stereocenters. The van der Waals surface area contributed by atoms with Gasteiger partial charge in [0.15, 0.2) is 0 Å². The summed E-state index contributed by atoms with van der Waals surface area (Å²) < 4.78 is 10.8. The van der Waals surface area contributed by atoms with Crippen molar-refractivity contribution in [3.63, 3.8) is 0 Å². The van der Waals surface area contributed by atoms with E-state index in [9.17, 15) is 9.59 Å². The van der Waals surface area contributed by atoms with Crippen LogP contribution in [0.4, 0.5) is 5.69 Å². The topological polar surface area (TPSA) is 64.6 Å². The summed E-state index contributed by atoms with van der Waals surface area (Å²) in [6.07, 6.45) is 2.89. The zero-order valence-corrected chi connectivity index (χ0v) is 11.8. The molecule has 0 aromatic heterocycles. The quantitative estimate of drug-likeness (QED) is 0.840. The van der Waals surface area contributed by atoms with E-state index in [2.05, 4.69) is 5.32 Å². The first-order valence-electron chi connectivity index (χ1n) is 6.67. The van der Waals surface area contributed by atoms with Gasteiger partial charge in [0.25, 0.3) is 0 Å². The van der Waals surface area contributed by atoms with Crippen LogP contribution in [0.15, 0.2) is 24.3 Å². The number of rotatable bonds is 5. The maximum atomic E-state index is 11.5. The first-order valence-corrected chi connectivity index (χ1v) is 6.67. The van der Waals surface area contributed by atoms with E-state index in [0.29, 0.717) is 11.4 Å². The van der Waals surface area contributed by atoms with Crippen LogP contribution in [0.3, 0.4) is 0 Å². The molecule has 0 spiro atoms. The molecule has 0 saturated heterocycles. The van der Waals surface area contributed by atoms with Crippen molar-refractivity contribution in [1.82, 2.24) is 0 Å². The van der Waals surface area contributed by atoms with Crippen LogP contribution < -0.4 is 10.1 Å².